The minimum Gasteiger partial charge on any atom is -0.477 e. The number of carboxylic acids is 1. The number of fused-ring (bicyclic) bond motifs is 1. The highest BCUT2D eigenvalue weighted by Gasteiger charge is 2.54. The topological polar surface area (TPSA) is 86.7 Å². The van der Waals surface area contributed by atoms with Crippen LogP contribution in [0.3, 0.4) is 0 Å². The number of carbonyl (C=O) groups is 3. The Morgan fingerprint density at radius 3 is 2.39 bits per heavy atom. The van der Waals surface area contributed by atoms with E-state index in [4.69, 9.17) is 0 Å². The molecule has 1 fully saturated rings. The molecular formula is C27H21BrN2O4S2. The highest BCUT2D eigenvalue weighted by Crippen LogP contribution is 2.46. The Balaban J connectivity index is 1.32. The van der Waals surface area contributed by atoms with Crippen molar-refractivity contribution in [1.82, 2.24) is 10.2 Å². The van der Waals surface area contributed by atoms with Crippen LogP contribution in [-0.4, -0.2) is 45.0 Å². The number of rotatable bonds is 7. The quantitative estimate of drug-likeness (QED) is 0.376. The second-order valence-corrected chi connectivity index (χ2v) is 11.4. The van der Waals surface area contributed by atoms with Gasteiger partial charge in [-0.05, 0) is 44.8 Å². The molecule has 2 aliphatic heterocycles. The Labute approximate surface area is 225 Å². The van der Waals surface area contributed by atoms with Crippen molar-refractivity contribution in [3.05, 3.63) is 99.5 Å². The number of nitrogens with zero attached hydrogens (tertiary/aromatic N) is 1. The number of β-lactam (4-membered cyclic amide) rings is 1. The Morgan fingerprint density at radius 2 is 1.72 bits per heavy atom. The number of thioether (sulfide) groups is 2. The highest BCUT2D eigenvalue weighted by atomic mass is 79.9. The predicted octanol–water partition coefficient (Wildman–Crippen LogP) is 5.15. The molecule has 2 atom stereocenters. The van der Waals surface area contributed by atoms with Crippen LogP contribution in [0.15, 0.2) is 98.8 Å². The third kappa shape index (κ3) is 4.96. The van der Waals surface area contributed by atoms with Crippen molar-refractivity contribution in [2.45, 2.75) is 22.7 Å². The van der Waals surface area contributed by atoms with Gasteiger partial charge in [0.2, 0.25) is 5.91 Å². The van der Waals surface area contributed by atoms with Crippen molar-refractivity contribution in [2.75, 3.05) is 5.75 Å². The predicted molar refractivity (Wildman–Crippen MR) is 145 cm³/mol. The molecule has 3 aromatic rings. The molecule has 6 nitrogen and oxygen atoms in total. The zero-order valence-electron chi connectivity index (χ0n) is 18.9. The molecule has 0 unspecified atom stereocenters. The van der Waals surface area contributed by atoms with Crippen molar-refractivity contribution >= 4 is 57.2 Å². The number of hydrogen-bond acceptors (Lipinski definition) is 5. The van der Waals surface area contributed by atoms with E-state index in [0.717, 1.165) is 26.1 Å². The first kappa shape index (κ1) is 24.7. The van der Waals surface area contributed by atoms with Crippen LogP contribution >= 0.6 is 39.5 Å². The summed E-state index contributed by atoms with van der Waals surface area (Å²) in [4.78, 5) is 40.4. The van der Waals surface area contributed by atoms with Gasteiger partial charge in [-0.15, -0.1) is 11.8 Å². The zero-order valence-corrected chi connectivity index (χ0v) is 22.1. The van der Waals surface area contributed by atoms with Gasteiger partial charge in [-0.3, -0.25) is 14.5 Å². The Hall–Kier alpha value is -3.01. The fourth-order valence-corrected chi connectivity index (χ4v) is 7.30. The van der Waals surface area contributed by atoms with Crippen LogP contribution in [0.25, 0.3) is 11.1 Å². The van der Waals surface area contributed by atoms with Crippen molar-refractivity contribution < 1.29 is 19.5 Å². The van der Waals surface area contributed by atoms with Crippen LogP contribution in [0.2, 0.25) is 0 Å². The molecule has 0 radical (unpaired) electrons. The summed E-state index contributed by atoms with van der Waals surface area (Å²) in [5, 5.41) is 12.3. The number of hydrogen-bond donors (Lipinski definition) is 2. The lowest BCUT2D eigenvalue weighted by atomic mass is 10.0. The molecule has 9 heteroatoms. The van der Waals surface area contributed by atoms with Gasteiger partial charge in [-0.1, -0.05) is 78.5 Å². The van der Waals surface area contributed by atoms with Gasteiger partial charge in [0, 0.05) is 20.0 Å². The van der Waals surface area contributed by atoms with Gasteiger partial charge < -0.3 is 10.4 Å². The molecule has 0 aromatic heterocycles. The van der Waals surface area contributed by atoms with Crippen molar-refractivity contribution in [1.29, 1.82) is 0 Å². The van der Waals surface area contributed by atoms with Gasteiger partial charge in [0.05, 0.1) is 6.42 Å². The maximum Gasteiger partial charge on any atom is 0.353 e. The summed E-state index contributed by atoms with van der Waals surface area (Å²) < 4.78 is 0.846. The largest absolute Gasteiger partial charge is 0.477 e. The lowest BCUT2D eigenvalue weighted by molar-refractivity contribution is -0.150. The summed E-state index contributed by atoms with van der Waals surface area (Å²) in [6.45, 7) is 0. The van der Waals surface area contributed by atoms with Gasteiger partial charge in [-0.25, -0.2) is 4.79 Å². The smallest absolute Gasteiger partial charge is 0.353 e. The van der Waals surface area contributed by atoms with E-state index in [1.54, 1.807) is 0 Å². The number of carboxylic acid groups (broad SMARTS) is 1. The number of benzene rings is 3. The summed E-state index contributed by atoms with van der Waals surface area (Å²) in [5.74, 6) is -1.38. The van der Waals surface area contributed by atoms with Gasteiger partial charge in [0.15, 0.2) is 0 Å². The van der Waals surface area contributed by atoms with E-state index in [1.807, 2.05) is 78.9 Å². The van der Waals surface area contributed by atoms with Crippen LogP contribution in [-0.2, 0) is 20.8 Å². The first-order chi connectivity index (χ1) is 17.4. The maximum atomic E-state index is 12.9. The average Bonchev–Trinajstić information content (AvgIpc) is 2.89. The molecule has 2 aliphatic rings. The Morgan fingerprint density at radius 1 is 1.03 bits per heavy atom. The normalized spacial score (nSPS) is 18.9. The summed E-state index contributed by atoms with van der Waals surface area (Å²) in [5.41, 5.74) is 2.97. The van der Waals surface area contributed by atoms with E-state index in [-0.39, 0.29) is 18.0 Å². The monoisotopic (exact) mass is 580 g/mol. The minimum absolute atomic E-state index is 0.0126. The minimum atomic E-state index is -1.15. The molecule has 2 amide bonds. The fraction of sp³-hybridized carbons (Fsp3) is 0.148. The zero-order chi connectivity index (χ0) is 25.2. The Kier molecular flexibility index (Phi) is 7.22. The van der Waals surface area contributed by atoms with E-state index < -0.39 is 23.3 Å². The molecule has 0 bridgehead atoms. The molecule has 0 saturated carbocycles. The first-order valence-corrected chi connectivity index (χ1v) is 13.9. The summed E-state index contributed by atoms with van der Waals surface area (Å²) >= 11 is 6.42. The third-order valence-corrected chi connectivity index (χ3v) is 9.47. The van der Waals surface area contributed by atoms with E-state index in [9.17, 15) is 19.5 Å². The van der Waals surface area contributed by atoms with E-state index in [0.29, 0.717) is 10.7 Å². The second kappa shape index (κ2) is 10.5. The molecule has 0 aliphatic carbocycles. The average molecular weight is 582 g/mol. The lowest BCUT2D eigenvalue weighted by Crippen LogP contribution is -2.70. The molecule has 3 aromatic carbocycles. The van der Waals surface area contributed by atoms with E-state index >= 15 is 0 Å². The van der Waals surface area contributed by atoms with Crippen molar-refractivity contribution in [3.8, 4) is 11.1 Å². The van der Waals surface area contributed by atoms with E-state index in [2.05, 4.69) is 21.2 Å². The van der Waals surface area contributed by atoms with Crippen LogP contribution in [0.4, 0.5) is 0 Å². The Bertz CT molecular complexity index is 1360. The highest BCUT2D eigenvalue weighted by molar-refractivity contribution is 9.10. The van der Waals surface area contributed by atoms with Crippen LogP contribution in [0.5, 0.6) is 0 Å². The van der Waals surface area contributed by atoms with E-state index in [1.165, 1.54) is 28.4 Å². The number of halogens is 1. The molecule has 2 N–H and O–H groups in total. The molecule has 5 rings (SSSR count). The number of aliphatic carboxylic acids is 1. The van der Waals surface area contributed by atoms with Gasteiger partial charge in [-0.2, -0.15) is 0 Å². The number of amides is 2. The number of carbonyl (C=O) groups excluding carboxylic acids is 2. The summed E-state index contributed by atoms with van der Waals surface area (Å²) in [6, 6.07) is 24.5. The van der Waals surface area contributed by atoms with Gasteiger partial charge in [0.25, 0.3) is 5.91 Å². The lowest BCUT2D eigenvalue weighted by Gasteiger charge is -2.49. The van der Waals surface area contributed by atoms with Crippen LogP contribution in [0, 0.1) is 0 Å². The summed E-state index contributed by atoms with van der Waals surface area (Å²) in [6.07, 6.45) is 0.164. The molecular weight excluding hydrogens is 560 g/mol. The second-order valence-electron chi connectivity index (χ2n) is 8.31. The molecule has 182 valence electrons. The van der Waals surface area contributed by atoms with Gasteiger partial charge in [0.1, 0.15) is 17.1 Å². The molecule has 1 saturated heterocycles. The van der Waals surface area contributed by atoms with Crippen molar-refractivity contribution in [2.24, 2.45) is 0 Å². The molecule has 36 heavy (non-hydrogen) atoms. The van der Waals surface area contributed by atoms with Crippen LogP contribution < -0.4 is 5.32 Å². The maximum absolute atomic E-state index is 12.9. The van der Waals surface area contributed by atoms with Crippen molar-refractivity contribution in [3.63, 3.8) is 0 Å². The number of nitrogens with one attached hydrogen (secondary N) is 1. The van der Waals surface area contributed by atoms with Crippen LogP contribution in [0.1, 0.15) is 5.56 Å². The standard InChI is InChI=1S/C27H21BrN2O4S2/c28-19-14-18(17-9-5-2-6-10-17)11-12-20(19)36-21-15-35-26-23(25(32)30(26)24(21)27(33)34)29-22(31)13-16-7-3-1-4-8-16/h1-12,14,23,26H,13,15H2,(H,29,31)(H,33,34)/t23-,26-/m1/s1. The first-order valence-electron chi connectivity index (χ1n) is 11.2. The van der Waals surface area contributed by atoms with Gasteiger partial charge >= 0.3 is 5.97 Å². The SMILES string of the molecule is O=C(Cc1ccccc1)N[C@@H]1C(=O)N2C(C(=O)O)=C(Sc3ccc(-c4ccccc4)cc3Br)CS[C@H]12. The summed E-state index contributed by atoms with van der Waals surface area (Å²) in [7, 11) is 0. The molecule has 2 heterocycles. The fourth-order valence-electron chi connectivity index (χ4n) is 4.20. The molecule has 0 spiro atoms. The third-order valence-electron chi connectivity index (χ3n) is 5.93.